The number of aryl methyl sites for hydroxylation is 1. The minimum Gasteiger partial charge on any atom is -0.507 e. The van der Waals surface area contributed by atoms with Crippen molar-refractivity contribution in [1.29, 1.82) is 5.26 Å². The molecule has 300 valence electrons. The van der Waals surface area contributed by atoms with Crippen LogP contribution in [0, 0.1) is 25.2 Å². The van der Waals surface area contributed by atoms with Gasteiger partial charge in [-0.1, -0.05) is 87.5 Å². The van der Waals surface area contributed by atoms with Gasteiger partial charge in [0.05, 0.1) is 45.1 Å². The first-order valence-electron chi connectivity index (χ1n) is 19.8. The largest absolute Gasteiger partial charge is 0.507 e. The van der Waals surface area contributed by atoms with E-state index in [1.54, 1.807) is 14.2 Å². The summed E-state index contributed by atoms with van der Waals surface area (Å²) >= 11 is 0. The van der Waals surface area contributed by atoms with Gasteiger partial charge < -0.3 is 43.3 Å². The Hall–Kier alpha value is -4.61. The molecule has 57 heavy (non-hydrogen) atoms. The monoisotopic (exact) mass is 791 g/mol. The Kier molecular flexibility index (Phi) is 10.7. The van der Waals surface area contributed by atoms with Gasteiger partial charge >= 0.3 is 0 Å². The van der Waals surface area contributed by atoms with Crippen LogP contribution in [0.1, 0.15) is 66.2 Å². The van der Waals surface area contributed by atoms with Gasteiger partial charge in [0.2, 0.25) is 6.79 Å². The Morgan fingerprint density at radius 3 is 2.25 bits per heavy atom. The fraction of sp³-hybridized carbons (Fsp3) is 0.444. The highest BCUT2D eigenvalue weighted by molar-refractivity contribution is 6.99. The predicted molar refractivity (Wildman–Crippen MR) is 218 cm³/mol. The number of phenolic OH excluding ortho intramolecular Hbond substituents is 1. The van der Waals surface area contributed by atoms with E-state index in [2.05, 4.69) is 91.7 Å². The fourth-order valence-corrected chi connectivity index (χ4v) is 14.5. The van der Waals surface area contributed by atoms with E-state index in [0.29, 0.717) is 54.6 Å². The predicted octanol–water partition coefficient (Wildman–Crippen LogP) is 5.75. The molecule has 4 aliphatic rings. The third-order valence-corrected chi connectivity index (χ3v) is 17.4. The minimum absolute atomic E-state index is 0.0161. The van der Waals surface area contributed by atoms with E-state index in [-0.39, 0.29) is 49.1 Å². The molecule has 8 rings (SSSR count). The Morgan fingerprint density at radius 1 is 0.930 bits per heavy atom. The van der Waals surface area contributed by atoms with Crippen LogP contribution in [0.25, 0.3) is 0 Å². The van der Waals surface area contributed by atoms with Crippen molar-refractivity contribution >= 4 is 18.7 Å². The van der Waals surface area contributed by atoms with Crippen molar-refractivity contribution < 1.29 is 38.0 Å². The second-order valence-electron chi connectivity index (χ2n) is 16.5. The number of piperazine rings is 1. The first-order valence-corrected chi connectivity index (χ1v) is 21.7. The highest BCUT2D eigenvalue weighted by atomic mass is 28.4. The molecule has 2 bridgehead atoms. The average molecular weight is 792 g/mol. The highest BCUT2D eigenvalue weighted by Crippen LogP contribution is 2.57. The maximum absolute atomic E-state index is 12.1. The highest BCUT2D eigenvalue weighted by Gasteiger charge is 2.56. The van der Waals surface area contributed by atoms with E-state index in [1.807, 2.05) is 26.0 Å². The van der Waals surface area contributed by atoms with Crippen LogP contribution in [0.3, 0.4) is 0 Å². The number of benzene rings is 4. The number of ether oxygens (including phenoxy) is 6. The molecule has 12 heteroatoms. The molecular formula is C45H53N3O8Si. The van der Waals surface area contributed by atoms with Gasteiger partial charge in [0.15, 0.2) is 29.8 Å². The van der Waals surface area contributed by atoms with Crippen LogP contribution in [-0.4, -0.2) is 84.1 Å². The van der Waals surface area contributed by atoms with Gasteiger partial charge in [0, 0.05) is 41.4 Å². The molecule has 0 aromatic heterocycles. The summed E-state index contributed by atoms with van der Waals surface area (Å²) in [4.78, 5) is 2.34. The van der Waals surface area contributed by atoms with E-state index < -0.39 is 20.4 Å². The van der Waals surface area contributed by atoms with Gasteiger partial charge in [-0.05, 0) is 53.2 Å². The third-order valence-electron chi connectivity index (χ3n) is 12.4. The van der Waals surface area contributed by atoms with E-state index in [9.17, 15) is 10.4 Å². The summed E-state index contributed by atoms with van der Waals surface area (Å²) in [6.45, 7) is 11.8. The summed E-state index contributed by atoms with van der Waals surface area (Å²) in [7, 11) is 0.242. The van der Waals surface area contributed by atoms with Gasteiger partial charge in [-0.2, -0.15) is 5.26 Å². The summed E-state index contributed by atoms with van der Waals surface area (Å²) < 4.78 is 43.5. The van der Waals surface area contributed by atoms with Crippen LogP contribution in [0.4, 0.5) is 0 Å². The Morgan fingerprint density at radius 2 is 1.61 bits per heavy atom. The summed E-state index contributed by atoms with van der Waals surface area (Å²) in [6, 6.07) is 24.3. The zero-order valence-corrected chi connectivity index (χ0v) is 34.9. The summed E-state index contributed by atoms with van der Waals surface area (Å²) in [5.41, 5.74) is 5.26. The summed E-state index contributed by atoms with van der Waals surface area (Å²) in [5, 5.41) is 29.2. The minimum atomic E-state index is -3.05. The normalized spacial score (nSPS) is 22.2. The van der Waals surface area contributed by atoms with E-state index in [1.165, 1.54) is 0 Å². The molecule has 0 spiro atoms. The van der Waals surface area contributed by atoms with Gasteiger partial charge in [-0.3, -0.25) is 4.90 Å². The SMILES string of the molecule is COCCOCOc1c(OC)c(C)cc2c1[C@@H]1N[C@@H](C2)[C@H](C#N)N2C1Cc1c(O)c(C)c3c(c1[C@@H]2CO[Si](c1ccccc1)(c1ccccc1)C(C)(C)C)OCO3. The smallest absolute Gasteiger partial charge is 0.261 e. The number of nitrogens with zero attached hydrogens (tertiary/aromatic N) is 2. The molecule has 1 saturated heterocycles. The zero-order valence-electron chi connectivity index (χ0n) is 33.9. The van der Waals surface area contributed by atoms with Gasteiger partial charge in [-0.15, -0.1) is 0 Å². The van der Waals surface area contributed by atoms with Crippen molar-refractivity contribution in [1.82, 2.24) is 10.2 Å². The lowest BCUT2D eigenvalue weighted by Gasteiger charge is -2.57. The molecule has 1 unspecified atom stereocenters. The first kappa shape index (κ1) is 39.2. The second-order valence-corrected chi connectivity index (χ2v) is 20.8. The third kappa shape index (κ3) is 6.45. The molecule has 0 amide bonds. The number of fused-ring (bicyclic) bond motifs is 9. The second kappa shape index (κ2) is 15.6. The Balaban J connectivity index is 1.30. The molecule has 0 aliphatic carbocycles. The maximum Gasteiger partial charge on any atom is 0.261 e. The fourth-order valence-electron chi connectivity index (χ4n) is 9.98. The topological polar surface area (TPSA) is 124 Å². The van der Waals surface area contributed by atoms with Crippen LogP contribution < -0.4 is 34.6 Å². The molecule has 2 N–H and O–H groups in total. The standard InChI is InChI=1S/C45H53N3O8Si/c1-27-20-29-21-33-35(23-46)48-34(39(47-33)37(29)43(41(27)51-7)53-25-52-19-18-50-6)22-32-38(44-42(54-26-55-44)28(2)40(32)49)36(48)24-56-57(45(3,4)5,30-14-10-8-11-15-30)31-16-12-9-13-17-31/h8-17,20,33-36,39,47,49H,18-19,21-22,24-26H2,1-7H3/t33-,34?,35-,36-,39+/m0/s1. The van der Waals surface area contributed by atoms with Crippen molar-refractivity contribution in [2.75, 3.05) is 47.6 Å². The lowest BCUT2D eigenvalue weighted by molar-refractivity contribution is -0.0236. The van der Waals surface area contributed by atoms with Crippen molar-refractivity contribution in [2.24, 2.45) is 0 Å². The lowest BCUT2D eigenvalue weighted by atomic mass is 9.72. The van der Waals surface area contributed by atoms with Crippen molar-refractivity contribution in [3.63, 3.8) is 0 Å². The van der Waals surface area contributed by atoms with E-state index >= 15 is 0 Å². The molecule has 0 saturated carbocycles. The molecule has 4 heterocycles. The van der Waals surface area contributed by atoms with Crippen molar-refractivity contribution in [3.8, 4) is 34.8 Å². The van der Waals surface area contributed by atoms with E-state index in [0.717, 1.165) is 38.2 Å². The zero-order chi connectivity index (χ0) is 40.1. The van der Waals surface area contributed by atoms with Crippen molar-refractivity contribution in [2.45, 2.75) is 82.7 Å². The Bertz CT molecular complexity index is 2120. The number of phenols is 1. The quantitative estimate of drug-likeness (QED) is 0.104. The van der Waals surface area contributed by atoms with Crippen LogP contribution in [0.5, 0.6) is 28.7 Å². The summed E-state index contributed by atoms with van der Waals surface area (Å²) in [6.07, 6.45) is 1.04. The van der Waals surface area contributed by atoms with Gasteiger partial charge in [-0.25, -0.2) is 0 Å². The van der Waals surface area contributed by atoms with Crippen LogP contribution in [-0.2, 0) is 26.7 Å². The maximum atomic E-state index is 12.1. The molecule has 4 aliphatic heterocycles. The molecule has 4 aromatic carbocycles. The molecule has 11 nitrogen and oxygen atoms in total. The summed E-state index contributed by atoms with van der Waals surface area (Å²) in [5.74, 6) is 2.60. The molecule has 5 atom stereocenters. The number of nitriles is 1. The molecular weight excluding hydrogens is 739 g/mol. The van der Waals surface area contributed by atoms with Crippen molar-refractivity contribution in [3.05, 3.63) is 100 Å². The number of aromatic hydroxyl groups is 1. The van der Waals surface area contributed by atoms with Crippen LogP contribution in [0.15, 0.2) is 66.7 Å². The molecule has 1 fully saturated rings. The van der Waals surface area contributed by atoms with Gasteiger partial charge in [0.1, 0.15) is 11.8 Å². The average Bonchev–Trinajstić information content (AvgIpc) is 3.70. The number of hydrogen-bond donors (Lipinski definition) is 2. The van der Waals surface area contributed by atoms with Crippen LogP contribution in [0.2, 0.25) is 5.04 Å². The first-order chi connectivity index (χ1) is 27.5. The van der Waals surface area contributed by atoms with E-state index in [4.69, 9.17) is 32.8 Å². The number of hydrogen-bond acceptors (Lipinski definition) is 11. The van der Waals surface area contributed by atoms with Crippen LogP contribution >= 0.6 is 0 Å². The lowest BCUT2D eigenvalue weighted by Crippen LogP contribution is -2.70. The number of nitrogens with one attached hydrogen (secondary N) is 1. The molecule has 4 aromatic rings. The number of methoxy groups -OCH3 is 2. The van der Waals surface area contributed by atoms with Gasteiger partial charge in [0.25, 0.3) is 8.32 Å². The number of rotatable bonds is 12. The Labute approximate surface area is 336 Å². The molecule has 0 radical (unpaired) electrons.